The van der Waals surface area contributed by atoms with Gasteiger partial charge in [0.05, 0.1) is 5.54 Å². The Labute approximate surface area is 116 Å². The van der Waals surface area contributed by atoms with E-state index in [0.717, 1.165) is 36.6 Å². The number of nitrogens with one attached hydrogen (secondary N) is 1. The van der Waals surface area contributed by atoms with Crippen molar-refractivity contribution in [3.63, 3.8) is 0 Å². The largest absolute Gasteiger partial charge is 0.354 e. The van der Waals surface area contributed by atoms with Crippen LogP contribution in [-0.4, -0.2) is 18.0 Å². The van der Waals surface area contributed by atoms with Crippen molar-refractivity contribution >= 4 is 21.8 Å². The Balaban J connectivity index is 1.78. The Morgan fingerprint density at radius 2 is 1.89 bits per heavy atom. The van der Waals surface area contributed by atoms with Crippen molar-refractivity contribution in [3.05, 3.63) is 34.3 Å². The molecule has 0 aliphatic heterocycles. The van der Waals surface area contributed by atoms with Crippen LogP contribution in [0.3, 0.4) is 0 Å². The molecule has 1 amide bonds. The minimum Gasteiger partial charge on any atom is -0.354 e. The van der Waals surface area contributed by atoms with Gasteiger partial charge in [-0.2, -0.15) is 0 Å². The SMILES string of the molecule is NC1(C(=O)NCCc2ccc(Br)cc2)CCCC1. The summed E-state index contributed by atoms with van der Waals surface area (Å²) in [6, 6.07) is 8.14. The summed E-state index contributed by atoms with van der Waals surface area (Å²) >= 11 is 3.40. The molecule has 0 saturated heterocycles. The van der Waals surface area contributed by atoms with Crippen LogP contribution in [-0.2, 0) is 11.2 Å². The van der Waals surface area contributed by atoms with Crippen LogP contribution in [0.5, 0.6) is 0 Å². The topological polar surface area (TPSA) is 55.1 Å². The Bertz CT molecular complexity index is 410. The first-order valence-electron chi connectivity index (χ1n) is 6.42. The first-order chi connectivity index (χ1) is 8.60. The van der Waals surface area contributed by atoms with E-state index in [2.05, 4.69) is 33.4 Å². The zero-order valence-electron chi connectivity index (χ0n) is 10.4. The van der Waals surface area contributed by atoms with Crippen molar-refractivity contribution in [3.8, 4) is 0 Å². The summed E-state index contributed by atoms with van der Waals surface area (Å²) < 4.78 is 1.07. The number of nitrogens with two attached hydrogens (primary N) is 1. The number of carbonyl (C=O) groups excluding carboxylic acids is 1. The van der Waals surface area contributed by atoms with Gasteiger partial charge in [0.2, 0.25) is 5.91 Å². The van der Waals surface area contributed by atoms with Crippen LogP contribution in [0.4, 0.5) is 0 Å². The molecule has 0 aromatic heterocycles. The minimum atomic E-state index is -0.611. The number of halogens is 1. The molecule has 98 valence electrons. The van der Waals surface area contributed by atoms with E-state index >= 15 is 0 Å². The lowest BCUT2D eigenvalue weighted by molar-refractivity contribution is -0.126. The van der Waals surface area contributed by atoms with Crippen molar-refractivity contribution in [1.29, 1.82) is 0 Å². The average Bonchev–Trinajstić information content (AvgIpc) is 2.80. The van der Waals surface area contributed by atoms with Gasteiger partial charge in [0.1, 0.15) is 0 Å². The quantitative estimate of drug-likeness (QED) is 0.897. The van der Waals surface area contributed by atoms with Gasteiger partial charge in [-0.3, -0.25) is 4.79 Å². The second-order valence-electron chi connectivity index (χ2n) is 5.00. The standard InChI is InChI=1S/C14H19BrN2O/c15-12-5-3-11(4-6-12)7-10-17-13(18)14(16)8-1-2-9-14/h3-6H,1-2,7-10,16H2,(H,17,18). The first kappa shape index (κ1) is 13.6. The van der Waals surface area contributed by atoms with Crippen molar-refractivity contribution in [2.45, 2.75) is 37.6 Å². The third-order valence-electron chi connectivity index (χ3n) is 3.56. The van der Waals surface area contributed by atoms with Gasteiger partial charge in [0.25, 0.3) is 0 Å². The maximum Gasteiger partial charge on any atom is 0.240 e. The van der Waals surface area contributed by atoms with Crippen LogP contribution < -0.4 is 11.1 Å². The molecule has 3 nitrogen and oxygen atoms in total. The molecule has 0 spiro atoms. The summed E-state index contributed by atoms with van der Waals surface area (Å²) in [5.41, 5.74) is 6.69. The lowest BCUT2D eigenvalue weighted by Gasteiger charge is -2.22. The molecule has 0 atom stereocenters. The van der Waals surface area contributed by atoms with E-state index in [-0.39, 0.29) is 5.91 Å². The monoisotopic (exact) mass is 310 g/mol. The van der Waals surface area contributed by atoms with Crippen molar-refractivity contribution in [2.24, 2.45) is 5.73 Å². The summed E-state index contributed by atoms with van der Waals surface area (Å²) in [6.07, 6.45) is 4.61. The first-order valence-corrected chi connectivity index (χ1v) is 7.21. The number of amides is 1. The van der Waals surface area contributed by atoms with E-state index < -0.39 is 5.54 Å². The highest BCUT2D eigenvalue weighted by Crippen LogP contribution is 2.27. The molecule has 2 rings (SSSR count). The molecule has 3 N–H and O–H groups in total. The van der Waals surface area contributed by atoms with Crippen LogP contribution in [0.15, 0.2) is 28.7 Å². The fourth-order valence-electron chi connectivity index (χ4n) is 2.38. The number of hydrogen-bond acceptors (Lipinski definition) is 2. The highest BCUT2D eigenvalue weighted by atomic mass is 79.9. The van der Waals surface area contributed by atoms with E-state index in [1.165, 1.54) is 5.56 Å². The normalized spacial score (nSPS) is 17.7. The minimum absolute atomic E-state index is 0.0112. The summed E-state index contributed by atoms with van der Waals surface area (Å²) in [7, 11) is 0. The van der Waals surface area contributed by atoms with E-state index in [0.29, 0.717) is 6.54 Å². The zero-order valence-corrected chi connectivity index (χ0v) is 12.0. The van der Waals surface area contributed by atoms with Gasteiger partial charge in [-0.1, -0.05) is 40.9 Å². The second kappa shape index (κ2) is 5.85. The van der Waals surface area contributed by atoms with E-state index in [1.54, 1.807) is 0 Å². The molecule has 1 aromatic rings. The van der Waals surface area contributed by atoms with Gasteiger partial charge >= 0.3 is 0 Å². The molecule has 1 aliphatic rings. The maximum absolute atomic E-state index is 12.0. The van der Waals surface area contributed by atoms with Crippen molar-refractivity contribution in [1.82, 2.24) is 5.32 Å². The molecule has 18 heavy (non-hydrogen) atoms. The number of rotatable bonds is 4. The molecular formula is C14H19BrN2O. The fourth-order valence-corrected chi connectivity index (χ4v) is 2.64. The maximum atomic E-state index is 12.0. The molecule has 1 fully saturated rings. The highest BCUT2D eigenvalue weighted by Gasteiger charge is 2.36. The molecule has 0 heterocycles. The lowest BCUT2D eigenvalue weighted by atomic mass is 9.98. The summed E-state index contributed by atoms with van der Waals surface area (Å²) in [5.74, 6) is 0.0112. The van der Waals surface area contributed by atoms with E-state index in [4.69, 9.17) is 5.73 Å². The van der Waals surface area contributed by atoms with Gasteiger partial charge < -0.3 is 11.1 Å². The molecule has 1 aromatic carbocycles. The Hall–Kier alpha value is -0.870. The zero-order chi connectivity index (χ0) is 13.0. The van der Waals surface area contributed by atoms with Gasteiger partial charge in [0, 0.05) is 11.0 Å². The van der Waals surface area contributed by atoms with Crippen molar-refractivity contribution in [2.75, 3.05) is 6.54 Å². The molecule has 0 unspecified atom stereocenters. The van der Waals surface area contributed by atoms with E-state index in [9.17, 15) is 4.79 Å². The van der Waals surface area contributed by atoms with Gasteiger partial charge in [-0.05, 0) is 37.0 Å². The van der Waals surface area contributed by atoms with Gasteiger partial charge in [-0.25, -0.2) is 0 Å². The number of carbonyl (C=O) groups is 1. The third-order valence-corrected chi connectivity index (χ3v) is 4.09. The number of benzene rings is 1. The van der Waals surface area contributed by atoms with Crippen LogP contribution in [0.2, 0.25) is 0 Å². The Morgan fingerprint density at radius 1 is 1.28 bits per heavy atom. The number of hydrogen-bond donors (Lipinski definition) is 2. The summed E-state index contributed by atoms with van der Waals surface area (Å²) in [6.45, 7) is 0.652. The summed E-state index contributed by atoms with van der Waals surface area (Å²) in [4.78, 5) is 12.0. The predicted octanol–water partition coefficient (Wildman–Crippen LogP) is 2.38. The third kappa shape index (κ3) is 3.33. The molecule has 4 heteroatoms. The van der Waals surface area contributed by atoms with Crippen LogP contribution in [0.1, 0.15) is 31.2 Å². The van der Waals surface area contributed by atoms with Crippen molar-refractivity contribution < 1.29 is 4.79 Å². The Kier molecular flexibility index (Phi) is 4.40. The van der Waals surface area contributed by atoms with Gasteiger partial charge in [-0.15, -0.1) is 0 Å². The average molecular weight is 311 g/mol. The fraction of sp³-hybridized carbons (Fsp3) is 0.500. The predicted molar refractivity (Wildman–Crippen MR) is 76.2 cm³/mol. The molecule has 0 bridgehead atoms. The molecular weight excluding hydrogens is 292 g/mol. The lowest BCUT2D eigenvalue weighted by Crippen LogP contribution is -2.52. The molecule has 1 aliphatic carbocycles. The summed E-state index contributed by atoms with van der Waals surface area (Å²) in [5, 5.41) is 2.95. The van der Waals surface area contributed by atoms with Crippen LogP contribution >= 0.6 is 15.9 Å². The molecule has 1 saturated carbocycles. The van der Waals surface area contributed by atoms with Crippen LogP contribution in [0, 0.1) is 0 Å². The molecule has 0 radical (unpaired) electrons. The van der Waals surface area contributed by atoms with Gasteiger partial charge in [0.15, 0.2) is 0 Å². The highest BCUT2D eigenvalue weighted by molar-refractivity contribution is 9.10. The second-order valence-corrected chi connectivity index (χ2v) is 5.91. The smallest absolute Gasteiger partial charge is 0.240 e. The van der Waals surface area contributed by atoms with E-state index in [1.807, 2.05) is 12.1 Å². The van der Waals surface area contributed by atoms with Crippen LogP contribution in [0.25, 0.3) is 0 Å². The Morgan fingerprint density at radius 3 is 2.50 bits per heavy atom.